The van der Waals surface area contributed by atoms with Crippen LogP contribution in [0.4, 0.5) is 0 Å². The molecule has 0 bridgehead atoms. The lowest BCUT2D eigenvalue weighted by atomic mass is 9.85. The molecule has 0 spiro atoms. The van der Waals surface area contributed by atoms with Crippen molar-refractivity contribution in [1.82, 2.24) is 10.2 Å². The number of nitrogens with one attached hydrogen (secondary N) is 1. The fraction of sp³-hybridized carbons (Fsp3) is 0.350. The molecule has 5 heteroatoms. The molecule has 0 saturated carbocycles. The number of rotatable bonds is 3. The quantitative estimate of drug-likeness (QED) is 0.935. The average molecular weight is 338 g/mol. The molecule has 0 aromatic heterocycles. The molecular weight excluding hydrogens is 316 g/mol. The van der Waals surface area contributed by atoms with Crippen molar-refractivity contribution in [2.45, 2.75) is 18.4 Å². The number of piperidine rings is 1. The van der Waals surface area contributed by atoms with Gasteiger partial charge in [-0.15, -0.1) is 0 Å². The second-order valence-corrected chi connectivity index (χ2v) is 6.72. The van der Waals surface area contributed by atoms with Gasteiger partial charge in [-0.25, -0.2) is 0 Å². The molecule has 2 atom stereocenters. The average Bonchev–Trinajstić information content (AvgIpc) is 3.11. The zero-order valence-corrected chi connectivity index (χ0v) is 14.3. The van der Waals surface area contributed by atoms with E-state index < -0.39 is 0 Å². The Morgan fingerprint density at radius 1 is 1.12 bits per heavy atom. The molecule has 1 amide bonds. The molecule has 2 aliphatic rings. The van der Waals surface area contributed by atoms with Crippen LogP contribution in [-0.2, 0) is 0 Å². The van der Waals surface area contributed by atoms with Gasteiger partial charge in [0.25, 0.3) is 5.91 Å². The Balaban J connectivity index is 1.56. The minimum Gasteiger partial charge on any atom is -0.454 e. The summed E-state index contributed by atoms with van der Waals surface area (Å²) in [4.78, 5) is 14.9. The van der Waals surface area contributed by atoms with E-state index in [0.717, 1.165) is 31.0 Å². The van der Waals surface area contributed by atoms with Crippen molar-refractivity contribution >= 4 is 5.91 Å². The smallest absolute Gasteiger partial charge is 0.251 e. The molecule has 2 aliphatic heterocycles. The van der Waals surface area contributed by atoms with E-state index in [2.05, 4.69) is 23.3 Å². The van der Waals surface area contributed by atoms with Crippen molar-refractivity contribution in [1.29, 1.82) is 0 Å². The standard InChI is InChI=1S/C20H22N2O3/c1-22-10-9-17(21-20(23)14-5-3-2-4-6-14)16(12-22)15-7-8-18-19(11-15)25-13-24-18/h2-8,11,16-17H,9-10,12-13H2,1H3,(H,21,23)/t16-,17-/m1/s1. The number of fused-ring (bicyclic) bond motifs is 1. The van der Waals surface area contributed by atoms with E-state index >= 15 is 0 Å². The third-order valence-corrected chi connectivity index (χ3v) is 4.99. The lowest BCUT2D eigenvalue weighted by Crippen LogP contribution is -2.48. The minimum absolute atomic E-state index is 0.0131. The van der Waals surface area contributed by atoms with E-state index in [-0.39, 0.29) is 24.7 Å². The van der Waals surface area contributed by atoms with Gasteiger partial charge in [-0.2, -0.15) is 0 Å². The van der Waals surface area contributed by atoms with Crippen LogP contribution in [0.25, 0.3) is 0 Å². The van der Waals surface area contributed by atoms with Crippen LogP contribution in [-0.4, -0.2) is 43.8 Å². The van der Waals surface area contributed by atoms with Gasteiger partial charge in [0, 0.05) is 24.1 Å². The van der Waals surface area contributed by atoms with Crippen molar-refractivity contribution in [3.63, 3.8) is 0 Å². The lowest BCUT2D eigenvalue weighted by molar-refractivity contribution is 0.0904. The maximum absolute atomic E-state index is 12.6. The van der Waals surface area contributed by atoms with Gasteiger partial charge < -0.3 is 19.7 Å². The predicted molar refractivity (Wildman–Crippen MR) is 95.1 cm³/mol. The molecule has 1 fully saturated rings. The minimum atomic E-state index is -0.0131. The number of hydrogen-bond acceptors (Lipinski definition) is 4. The molecule has 2 aromatic carbocycles. The fourth-order valence-corrected chi connectivity index (χ4v) is 3.61. The second-order valence-electron chi connectivity index (χ2n) is 6.72. The first-order chi connectivity index (χ1) is 12.2. The SMILES string of the molecule is CN1CC[C@@H](NC(=O)c2ccccc2)[C@@H](c2ccc3c(c2)OCO3)C1. The first-order valence-corrected chi connectivity index (χ1v) is 8.65. The Labute approximate surface area is 147 Å². The summed E-state index contributed by atoms with van der Waals surface area (Å²) >= 11 is 0. The molecule has 5 nitrogen and oxygen atoms in total. The van der Waals surface area contributed by atoms with Gasteiger partial charge in [0.2, 0.25) is 6.79 Å². The molecule has 0 aliphatic carbocycles. The van der Waals surface area contributed by atoms with E-state index in [9.17, 15) is 4.79 Å². The van der Waals surface area contributed by atoms with Crippen LogP contribution >= 0.6 is 0 Å². The van der Waals surface area contributed by atoms with Crippen LogP contribution in [0.15, 0.2) is 48.5 Å². The molecular formula is C20H22N2O3. The van der Waals surface area contributed by atoms with E-state index in [1.54, 1.807) is 0 Å². The Morgan fingerprint density at radius 3 is 2.76 bits per heavy atom. The largest absolute Gasteiger partial charge is 0.454 e. The van der Waals surface area contributed by atoms with Crippen molar-refractivity contribution in [3.05, 3.63) is 59.7 Å². The number of benzene rings is 2. The van der Waals surface area contributed by atoms with Crippen molar-refractivity contribution in [2.24, 2.45) is 0 Å². The highest BCUT2D eigenvalue weighted by Gasteiger charge is 2.31. The first-order valence-electron chi connectivity index (χ1n) is 8.65. The van der Waals surface area contributed by atoms with Gasteiger partial charge in [0.1, 0.15) is 0 Å². The number of likely N-dealkylation sites (tertiary alicyclic amines) is 1. The molecule has 130 valence electrons. The summed E-state index contributed by atoms with van der Waals surface area (Å²) < 4.78 is 10.9. The van der Waals surface area contributed by atoms with Crippen LogP contribution in [0, 0.1) is 0 Å². The zero-order chi connectivity index (χ0) is 17.2. The molecule has 25 heavy (non-hydrogen) atoms. The summed E-state index contributed by atoms with van der Waals surface area (Å²) in [5, 5.41) is 3.23. The summed E-state index contributed by atoms with van der Waals surface area (Å²) in [6.07, 6.45) is 0.925. The second kappa shape index (κ2) is 6.76. The summed E-state index contributed by atoms with van der Waals surface area (Å²) in [6.45, 7) is 2.15. The van der Waals surface area contributed by atoms with E-state index in [1.807, 2.05) is 42.5 Å². The third-order valence-electron chi connectivity index (χ3n) is 4.99. The van der Waals surface area contributed by atoms with Crippen LogP contribution in [0.5, 0.6) is 11.5 Å². The topological polar surface area (TPSA) is 50.8 Å². The first kappa shape index (κ1) is 16.0. The van der Waals surface area contributed by atoms with Gasteiger partial charge in [0.05, 0.1) is 0 Å². The molecule has 1 N–H and O–H groups in total. The highest BCUT2D eigenvalue weighted by atomic mass is 16.7. The molecule has 2 aromatic rings. The maximum Gasteiger partial charge on any atom is 0.251 e. The Morgan fingerprint density at radius 2 is 1.92 bits per heavy atom. The van der Waals surface area contributed by atoms with E-state index in [1.165, 1.54) is 5.56 Å². The Bertz CT molecular complexity index is 763. The van der Waals surface area contributed by atoms with Crippen molar-refractivity contribution in [2.75, 3.05) is 26.9 Å². The monoisotopic (exact) mass is 338 g/mol. The normalized spacial score (nSPS) is 22.6. The number of carbonyl (C=O) groups is 1. The zero-order valence-electron chi connectivity index (χ0n) is 14.3. The lowest BCUT2D eigenvalue weighted by Gasteiger charge is -2.37. The van der Waals surface area contributed by atoms with Crippen LogP contribution in [0.3, 0.4) is 0 Å². The molecule has 0 unspecified atom stereocenters. The van der Waals surface area contributed by atoms with E-state index in [0.29, 0.717) is 5.56 Å². The third kappa shape index (κ3) is 3.33. The number of carbonyl (C=O) groups excluding carboxylic acids is 1. The summed E-state index contributed by atoms with van der Waals surface area (Å²) in [7, 11) is 2.12. The van der Waals surface area contributed by atoms with Gasteiger partial charge in [-0.05, 0) is 49.8 Å². The highest BCUT2D eigenvalue weighted by molar-refractivity contribution is 5.94. The van der Waals surface area contributed by atoms with Crippen molar-refractivity contribution in [3.8, 4) is 11.5 Å². The molecule has 1 saturated heterocycles. The van der Waals surface area contributed by atoms with Crippen molar-refractivity contribution < 1.29 is 14.3 Å². The van der Waals surface area contributed by atoms with Gasteiger partial charge in [-0.1, -0.05) is 24.3 Å². The summed E-state index contributed by atoms with van der Waals surface area (Å²) in [5.41, 5.74) is 1.88. The maximum atomic E-state index is 12.6. The highest BCUT2D eigenvalue weighted by Crippen LogP contribution is 2.37. The van der Waals surface area contributed by atoms with Crippen LogP contribution in [0.1, 0.15) is 28.3 Å². The number of nitrogens with zero attached hydrogens (tertiary/aromatic N) is 1. The Hall–Kier alpha value is -2.53. The fourth-order valence-electron chi connectivity index (χ4n) is 3.61. The van der Waals surface area contributed by atoms with E-state index in [4.69, 9.17) is 9.47 Å². The van der Waals surface area contributed by atoms with Crippen LogP contribution < -0.4 is 14.8 Å². The Kier molecular flexibility index (Phi) is 4.32. The number of ether oxygens (including phenoxy) is 2. The number of amides is 1. The predicted octanol–water partition coefficient (Wildman–Crippen LogP) is 2.63. The number of hydrogen-bond donors (Lipinski definition) is 1. The van der Waals surface area contributed by atoms with Crippen LogP contribution in [0.2, 0.25) is 0 Å². The summed E-state index contributed by atoms with van der Waals surface area (Å²) in [6, 6.07) is 15.6. The molecule has 0 radical (unpaired) electrons. The molecule has 4 rings (SSSR count). The number of likely N-dealkylation sites (N-methyl/N-ethyl adjacent to an activating group) is 1. The van der Waals surface area contributed by atoms with Gasteiger partial charge >= 0.3 is 0 Å². The molecule has 2 heterocycles. The van der Waals surface area contributed by atoms with Gasteiger partial charge in [-0.3, -0.25) is 4.79 Å². The van der Waals surface area contributed by atoms with Gasteiger partial charge in [0.15, 0.2) is 11.5 Å². The summed E-state index contributed by atoms with van der Waals surface area (Å²) in [5.74, 6) is 1.79.